The average molecular weight is 843 g/mol. The van der Waals surface area contributed by atoms with E-state index in [1.165, 1.54) is 6.92 Å². The number of alkyl halides is 1. The van der Waals surface area contributed by atoms with Gasteiger partial charge in [-0.05, 0) is 6.92 Å². The van der Waals surface area contributed by atoms with Crippen LogP contribution in [0.2, 0.25) is 0 Å². The number of nitrogens with one attached hydrogen (secondary N) is 1. The van der Waals surface area contributed by atoms with Crippen LogP contribution in [0.15, 0.2) is 0 Å². The first-order valence-electron chi connectivity index (χ1n) is 16.5. The molecule has 21 atom stereocenters. The fraction of sp³-hybridized carbons (Fsp3) is 0.931. The fourth-order valence-electron chi connectivity index (χ4n) is 6.56. The minimum atomic E-state index is -3.07. The second kappa shape index (κ2) is 18.3. The maximum atomic E-state index is 12.8. The topological polar surface area (TPSA) is 374 Å². The van der Waals surface area contributed by atoms with Crippen LogP contribution in [0, 0.1) is 0 Å². The Kier molecular flexibility index (Phi) is 15.3. The number of carboxylic acids is 1. The smallest absolute Gasteiger partial charge is 0.364 e. The normalized spacial score (nSPS) is 47.8. The first-order valence-corrected chi connectivity index (χ1v) is 17.5. The van der Waals surface area contributed by atoms with Gasteiger partial charge in [0, 0.05) is 13.3 Å². The van der Waals surface area contributed by atoms with Crippen LogP contribution in [-0.2, 0) is 42.7 Å². The van der Waals surface area contributed by atoms with Gasteiger partial charge in [-0.15, -0.1) is 0 Å². The van der Waals surface area contributed by atoms with Crippen molar-refractivity contribution in [3.63, 3.8) is 0 Å². The van der Waals surface area contributed by atoms with Crippen molar-refractivity contribution in [2.45, 2.75) is 147 Å². The molecule has 4 heterocycles. The van der Waals surface area contributed by atoms with Gasteiger partial charge in [-0.3, -0.25) is 4.79 Å². The van der Waals surface area contributed by atoms with E-state index in [2.05, 4.69) is 21.2 Å². The Balaban J connectivity index is 1.66. The van der Waals surface area contributed by atoms with Crippen LogP contribution in [0.5, 0.6) is 0 Å². The van der Waals surface area contributed by atoms with Gasteiger partial charge in [-0.25, -0.2) is 4.79 Å². The molecule has 1 amide bonds. The molecule has 0 radical (unpaired) electrons. The molecule has 24 heteroatoms. The Morgan fingerprint density at radius 2 is 1.43 bits per heavy atom. The fourth-order valence-corrected chi connectivity index (χ4v) is 7.11. The summed E-state index contributed by atoms with van der Waals surface area (Å²) in [4.78, 5) is 23.4. The number of carboxylic acid groups (broad SMARTS) is 1. The standard InChI is InChI=1S/C29H48BrNO22/c1-7-15(38)18(41)19(42)26(47-7)51-22-13(30)25(44)48-12(6-34)21(22)50-27-20(43)24(17(40)11(5-33)49-27)53-29(28(45)46)3-9(36)14(31-8(2)35)23(52-29)16(39)10(37)4-32/h7,9-27,32-34,36-44H,3-6H2,1-2H3,(H,31,35)(H,45,46)/t7-,9?,10+,11?,12?,13?,14+,15?,16+,17?,18?,19?,20?,21+,22?,23?,24-,25-,26-,27-,29-/m0/s1. The predicted molar refractivity (Wildman–Crippen MR) is 168 cm³/mol. The lowest BCUT2D eigenvalue weighted by Gasteiger charge is -2.51. The van der Waals surface area contributed by atoms with Gasteiger partial charge in [-0.2, -0.15) is 0 Å². The van der Waals surface area contributed by atoms with E-state index in [4.69, 9.17) is 33.2 Å². The van der Waals surface area contributed by atoms with Gasteiger partial charge in [0.15, 0.2) is 18.9 Å². The summed E-state index contributed by atoms with van der Waals surface area (Å²) in [6.07, 6.45) is -33.4. The summed E-state index contributed by atoms with van der Waals surface area (Å²) in [7, 11) is 0. The number of hydrogen-bond donors (Lipinski definition) is 14. The van der Waals surface area contributed by atoms with E-state index in [-0.39, 0.29) is 0 Å². The molecule has 4 aliphatic rings. The molecule has 4 saturated heterocycles. The number of carbonyl (C=O) groups is 2. The van der Waals surface area contributed by atoms with E-state index in [1.807, 2.05) is 0 Å². The number of rotatable bonds is 13. The summed E-state index contributed by atoms with van der Waals surface area (Å²) < 4.78 is 39.5. The number of carbonyl (C=O) groups excluding carboxylic acids is 1. The summed E-state index contributed by atoms with van der Waals surface area (Å²) >= 11 is 3.18. The lowest BCUT2D eigenvalue weighted by molar-refractivity contribution is -0.387. The van der Waals surface area contributed by atoms with Crippen molar-refractivity contribution in [2.24, 2.45) is 0 Å². The number of amides is 1. The van der Waals surface area contributed by atoms with E-state index < -0.39 is 165 Å². The maximum Gasteiger partial charge on any atom is 0.364 e. The van der Waals surface area contributed by atoms with Crippen molar-refractivity contribution >= 4 is 27.8 Å². The molecule has 0 aliphatic carbocycles. The summed E-state index contributed by atoms with van der Waals surface area (Å²) in [6.45, 7) is -0.549. The first-order chi connectivity index (χ1) is 24.8. The van der Waals surface area contributed by atoms with Crippen LogP contribution in [0.4, 0.5) is 0 Å². The Morgan fingerprint density at radius 3 is 2.00 bits per heavy atom. The van der Waals surface area contributed by atoms with Gasteiger partial charge < -0.3 is 105 Å². The SMILES string of the molecule is CC(=O)N[C@@H]1C(O)C[C@](O[C@H]2C(O)C(CO)O[C@@H](O[C@@H]3C(CO)O[C@H](O)C(Br)C3O[C@@H]3O[C@@H](C)C(O)C(O)C3O)C2O)(C(=O)O)OC1[C@H](O)[C@H](O)CO. The minimum absolute atomic E-state index is 0.764. The van der Waals surface area contributed by atoms with Gasteiger partial charge >= 0.3 is 5.97 Å². The molecule has 11 unspecified atom stereocenters. The molecule has 0 aromatic rings. The number of halogens is 1. The van der Waals surface area contributed by atoms with Crippen molar-refractivity contribution in [3.8, 4) is 0 Å². The van der Waals surface area contributed by atoms with E-state index in [0.29, 0.717) is 0 Å². The van der Waals surface area contributed by atoms with Gasteiger partial charge in [-0.1, -0.05) is 15.9 Å². The Bertz CT molecular complexity index is 1230. The largest absolute Gasteiger partial charge is 0.477 e. The molecular weight excluding hydrogens is 794 g/mol. The zero-order chi connectivity index (χ0) is 39.7. The zero-order valence-electron chi connectivity index (χ0n) is 28.2. The van der Waals surface area contributed by atoms with Gasteiger partial charge in [0.25, 0.3) is 5.79 Å². The summed E-state index contributed by atoms with van der Waals surface area (Å²) in [6, 6.07) is -1.57. The maximum absolute atomic E-state index is 12.8. The number of ether oxygens (including phenoxy) is 7. The quantitative estimate of drug-likeness (QED) is 0.0766. The zero-order valence-corrected chi connectivity index (χ0v) is 29.8. The molecule has 53 heavy (non-hydrogen) atoms. The van der Waals surface area contributed by atoms with Gasteiger partial charge in [0.2, 0.25) is 5.91 Å². The minimum Gasteiger partial charge on any atom is -0.477 e. The third-order valence-electron chi connectivity index (χ3n) is 9.50. The van der Waals surface area contributed by atoms with E-state index in [0.717, 1.165) is 6.92 Å². The molecule has 0 aromatic carbocycles. The van der Waals surface area contributed by atoms with Crippen molar-refractivity contribution in [3.05, 3.63) is 0 Å². The van der Waals surface area contributed by atoms with Crippen LogP contribution in [0.1, 0.15) is 20.3 Å². The average Bonchev–Trinajstić information content (AvgIpc) is 3.11. The van der Waals surface area contributed by atoms with Crippen molar-refractivity contribution in [1.82, 2.24) is 5.32 Å². The molecule has 0 bridgehead atoms. The molecule has 23 nitrogen and oxygen atoms in total. The van der Waals surface area contributed by atoms with Crippen molar-refractivity contribution in [2.75, 3.05) is 19.8 Å². The highest BCUT2D eigenvalue weighted by Crippen LogP contribution is 2.39. The Morgan fingerprint density at radius 1 is 0.830 bits per heavy atom. The van der Waals surface area contributed by atoms with Crippen LogP contribution >= 0.6 is 15.9 Å². The van der Waals surface area contributed by atoms with Crippen LogP contribution < -0.4 is 5.32 Å². The molecule has 0 aromatic heterocycles. The summed E-state index contributed by atoms with van der Waals surface area (Å²) in [5.41, 5.74) is 0. The Labute approximate surface area is 309 Å². The molecule has 0 saturated carbocycles. The van der Waals surface area contributed by atoms with E-state index in [1.54, 1.807) is 0 Å². The second-order valence-electron chi connectivity index (χ2n) is 13.2. The highest BCUT2D eigenvalue weighted by Gasteiger charge is 2.60. The molecule has 14 N–H and O–H groups in total. The van der Waals surface area contributed by atoms with Crippen molar-refractivity contribution < 1.29 is 109 Å². The Hall–Kier alpha value is -1.34. The lowest BCUT2D eigenvalue weighted by atomic mass is 9.88. The number of aliphatic hydroxyl groups is 12. The number of aliphatic hydroxyl groups excluding tert-OH is 12. The van der Waals surface area contributed by atoms with Crippen molar-refractivity contribution in [1.29, 1.82) is 0 Å². The molecular formula is C29H48BrNO22. The third-order valence-corrected chi connectivity index (χ3v) is 10.5. The molecule has 4 aliphatic heterocycles. The molecule has 308 valence electrons. The summed E-state index contributed by atoms with van der Waals surface area (Å²) in [5.74, 6) is -5.83. The predicted octanol–water partition coefficient (Wildman–Crippen LogP) is -7.97. The van der Waals surface area contributed by atoms with E-state index in [9.17, 15) is 76.0 Å². The second-order valence-corrected chi connectivity index (χ2v) is 14.3. The lowest BCUT2D eigenvalue weighted by Crippen LogP contribution is -2.71. The van der Waals surface area contributed by atoms with Crippen LogP contribution in [0.25, 0.3) is 0 Å². The van der Waals surface area contributed by atoms with E-state index >= 15 is 0 Å². The molecule has 4 rings (SSSR count). The molecule has 0 spiro atoms. The number of hydrogen-bond acceptors (Lipinski definition) is 21. The number of aliphatic carboxylic acids is 1. The highest BCUT2D eigenvalue weighted by molar-refractivity contribution is 9.09. The van der Waals surface area contributed by atoms with Gasteiger partial charge in [0.1, 0.15) is 79.4 Å². The van der Waals surface area contributed by atoms with Gasteiger partial charge in [0.05, 0.1) is 42.9 Å². The highest BCUT2D eigenvalue weighted by atomic mass is 79.9. The monoisotopic (exact) mass is 841 g/mol. The third kappa shape index (κ3) is 9.29. The molecule has 4 fully saturated rings. The first kappa shape index (κ1) is 44.4. The van der Waals surface area contributed by atoms with Crippen LogP contribution in [0.3, 0.4) is 0 Å². The van der Waals surface area contributed by atoms with Crippen LogP contribution in [-0.4, -0.2) is 225 Å². The summed E-state index contributed by atoms with van der Waals surface area (Å²) in [5, 5.41) is 138.